The molecule has 1 aliphatic rings. The van der Waals surface area contributed by atoms with Gasteiger partial charge in [-0.05, 0) is 23.6 Å². The minimum atomic E-state index is -0.687. The second kappa shape index (κ2) is 3.15. The smallest absolute Gasteiger partial charge is 0.251 e. The number of aliphatic hydroxyl groups is 1. The lowest BCUT2D eigenvalue weighted by atomic mass is 9.99. The van der Waals surface area contributed by atoms with Gasteiger partial charge in [-0.1, -0.05) is 0 Å². The number of hydrogen-bond donors (Lipinski definition) is 1. The number of benzene rings is 1. The molecule has 1 aromatic carbocycles. The van der Waals surface area contributed by atoms with Crippen LogP contribution < -0.4 is 5.56 Å². The van der Waals surface area contributed by atoms with Crippen molar-refractivity contribution in [1.82, 2.24) is 4.57 Å². The van der Waals surface area contributed by atoms with Crippen LogP contribution in [0.1, 0.15) is 5.56 Å². The fourth-order valence-electron chi connectivity index (χ4n) is 2.33. The third kappa shape index (κ3) is 1.20. The van der Waals surface area contributed by atoms with Crippen LogP contribution in [0.2, 0.25) is 0 Å². The lowest BCUT2D eigenvalue weighted by molar-refractivity contribution is 0.148. The van der Waals surface area contributed by atoms with E-state index in [1.165, 1.54) is 16.7 Å². The Labute approximate surface area is 90.8 Å². The van der Waals surface area contributed by atoms with Crippen molar-refractivity contribution in [3.63, 3.8) is 0 Å². The third-order valence-corrected chi connectivity index (χ3v) is 3.03. The van der Waals surface area contributed by atoms with Crippen LogP contribution in [0.15, 0.2) is 29.1 Å². The summed E-state index contributed by atoms with van der Waals surface area (Å²) in [5.74, 6) is -0.356. The van der Waals surface area contributed by atoms with Crippen molar-refractivity contribution in [2.75, 3.05) is 0 Å². The molecule has 0 bridgehead atoms. The SMILES string of the molecule is O=c1ccc2ccc(F)c3c2n1CC(O)C3. The van der Waals surface area contributed by atoms with Gasteiger partial charge in [-0.2, -0.15) is 0 Å². The average Bonchev–Trinajstić information content (AvgIpc) is 2.27. The molecular formula is C12H10FNO2. The van der Waals surface area contributed by atoms with Crippen LogP contribution in [0.4, 0.5) is 4.39 Å². The predicted molar refractivity (Wildman–Crippen MR) is 57.9 cm³/mol. The summed E-state index contributed by atoms with van der Waals surface area (Å²) >= 11 is 0. The lowest BCUT2D eigenvalue weighted by Crippen LogP contribution is -2.32. The van der Waals surface area contributed by atoms with Crippen molar-refractivity contribution >= 4 is 10.9 Å². The van der Waals surface area contributed by atoms with Gasteiger partial charge >= 0.3 is 0 Å². The van der Waals surface area contributed by atoms with Crippen molar-refractivity contribution < 1.29 is 9.50 Å². The second-order valence-electron chi connectivity index (χ2n) is 4.10. The zero-order valence-corrected chi connectivity index (χ0v) is 8.48. The van der Waals surface area contributed by atoms with E-state index in [-0.39, 0.29) is 24.3 Å². The van der Waals surface area contributed by atoms with E-state index in [1.54, 1.807) is 12.1 Å². The molecule has 0 saturated heterocycles. The molecule has 82 valence electrons. The predicted octanol–water partition coefficient (Wildman–Crippen LogP) is 1.06. The summed E-state index contributed by atoms with van der Waals surface area (Å²) in [5.41, 5.74) is 0.866. The first-order valence-electron chi connectivity index (χ1n) is 5.16. The third-order valence-electron chi connectivity index (χ3n) is 3.03. The molecule has 1 atom stereocenters. The van der Waals surface area contributed by atoms with E-state index in [0.29, 0.717) is 11.1 Å². The minimum Gasteiger partial charge on any atom is -0.391 e. The van der Waals surface area contributed by atoms with Crippen LogP contribution in [-0.2, 0) is 13.0 Å². The number of pyridine rings is 1. The summed E-state index contributed by atoms with van der Waals surface area (Å²) in [5, 5.41) is 10.5. The highest BCUT2D eigenvalue weighted by atomic mass is 19.1. The molecular weight excluding hydrogens is 209 g/mol. The minimum absolute atomic E-state index is 0.196. The maximum atomic E-state index is 13.6. The Kier molecular flexibility index (Phi) is 1.88. The van der Waals surface area contributed by atoms with Crippen molar-refractivity contribution in [3.05, 3.63) is 46.0 Å². The Morgan fingerprint density at radius 2 is 2.06 bits per heavy atom. The van der Waals surface area contributed by atoms with Crippen molar-refractivity contribution in [3.8, 4) is 0 Å². The van der Waals surface area contributed by atoms with Crippen molar-refractivity contribution in [2.45, 2.75) is 19.1 Å². The number of aliphatic hydroxyl groups excluding tert-OH is 1. The van der Waals surface area contributed by atoms with Gasteiger partial charge < -0.3 is 9.67 Å². The van der Waals surface area contributed by atoms with Gasteiger partial charge in [0.2, 0.25) is 0 Å². The summed E-state index contributed by atoms with van der Waals surface area (Å²) in [7, 11) is 0. The van der Waals surface area contributed by atoms with Crippen molar-refractivity contribution in [1.29, 1.82) is 0 Å². The Bertz CT molecular complexity index is 633. The molecule has 0 spiro atoms. The average molecular weight is 219 g/mol. The molecule has 4 heteroatoms. The van der Waals surface area contributed by atoms with Gasteiger partial charge in [0.1, 0.15) is 5.82 Å². The van der Waals surface area contributed by atoms with Gasteiger partial charge in [-0.15, -0.1) is 0 Å². The van der Waals surface area contributed by atoms with Crippen molar-refractivity contribution in [2.24, 2.45) is 0 Å². The molecule has 3 nitrogen and oxygen atoms in total. The Balaban J connectivity index is 2.51. The van der Waals surface area contributed by atoms with E-state index < -0.39 is 6.10 Å². The second-order valence-corrected chi connectivity index (χ2v) is 4.10. The number of halogens is 1. The molecule has 16 heavy (non-hydrogen) atoms. The molecule has 2 heterocycles. The molecule has 0 radical (unpaired) electrons. The molecule has 0 aliphatic carbocycles. The molecule has 1 aromatic heterocycles. The summed E-state index contributed by atoms with van der Waals surface area (Å²) < 4.78 is 15.1. The standard InChI is InChI=1S/C12H10FNO2/c13-10-3-1-7-2-4-11(16)14-6-8(15)5-9(10)12(7)14/h1-4,8,15H,5-6H2. The van der Waals surface area contributed by atoms with E-state index >= 15 is 0 Å². The first-order valence-corrected chi connectivity index (χ1v) is 5.16. The Hall–Kier alpha value is -1.68. The first kappa shape index (κ1) is 9.54. The van der Waals surface area contributed by atoms with E-state index in [1.807, 2.05) is 0 Å². The number of hydrogen-bond acceptors (Lipinski definition) is 2. The van der Waals surface area contributed by atoms with E-state index in [2.05, 4.69) is 0 Å². The van der Waals surface area contributed by atoms with Crippen LogP contribution in [0.25, 0.3) is 10.9 Å². The van der Waals surface area contributed by atoms with Gasteiger partial charge in [-0.3, -0.25) is 4.79 Å². The maximum Gasteiger partial charge on any atom is 0.251 e. The monoisotopic (exact) mass is 219 g/mol. The van der Waals surface area contributed by atoms with Gasteiger partial charge in [0.05, 0.1) is 18.2 Å². The topological polar surface area (TPSA) is 42.2 Å². The van der Waals surface area contributed by atoms with E-state index in [9.17, 15) is 14.3 Å². The van der Waals surface area contributed by atoms with Crippen LogP contribution >= 0.6 is 0 Å². The fourth-order valence-corrected chi connectivity index (χ4v) is 2.33. The van der Waals surface area contributed by atoms with E-state index in [4.69, 9.17) is 0 Å². The van der Waals surface area contributed by atoms with Gasteiger partial charge in [0, 0.05) is 18.1 Å². The molecule has 1 unspecified atom stereocenters. The molecule has 2 aromatic rings. The summed E-state index contributed by atoms with van der Waals surface area (Å²) in [4.78, 5) is 11.6. The quantitative estimate of drug-likeness (QED) is 0.719. The molecule has 1 aliphatic heterocycles. The summed E-state index contributed by atoms with van der Waals surface area (Å²) in [6.45, 7) is 0.243. The molecule has 3 rings (SSSR count). The summed E-state index contributed by atoms with van der Waals surface area (Å²) in [6, 6.07) is 6.17. The number of rotatable bonds is 0. The molecule has 0 amide bonds. The maximum absolute atomic E-state index is 13.6. The summed E-state index contributed by atoms with van der Waals surface area (Å²) in [6.07, 6.45) is -0.417. The largest absolute Gasteiger partial charge is 0.391 e. The lowest BCUT2D eigenvalue weighted by Gasteiger charge is -2.23. The Morgan fingerprint density at radius 1 is 1.31 bits per heavy atom. The highest BCUT2D eigenvalue weighted by molar-refractivity contribution is 5.83. The van der Waals surface area contributed by atoms with Crippen LogP contribution in [0.3, 0.4) is 0 Å². The zero-order valence-electron chi connectivity index (χ0n) is 8.48. The van der Waals surface area contributed by atoms with Crippen LogP contribution in [0, 0.1) is 5.82 Å². The molecule has 0 fully saturated rings. The number of nitrogens with zero attached hydrogens (tertiary/aromatic N) is 1. The Morgan fingerprint density at radius 3 is 2.88 bits per heavy atom. The molecule has 0 saturated carbocycles. The fraction of sp³-hybridized carbons (Fsp3) is 0.250. The van der Waals surface area contributed by atoms with Gasteiger partial charge in [0.25, 0.3) is 5.56 Å². The normalized spacial score (nSPS) is 19.0. The highest BCUT2D eigenvalue weighted by Crippen LogP contribution is 2.25. The van der Waals surface area contributed by atoms with E-state index in [0.717, 1.165) is 5.39 Å². The van der Waals surface area contributed by atoms with Gasteiger partial charge in [0.15, 0.2) is 0 Å². The molecule has 1 N–H and O–H groups in total. The highest BCUT2D eigenvalue weighted by Gasteiger charge is 2.22. The first-order chi connectivity index (χ1) is 7.66. The number of aromatic nitrogens is 1. The van der Waals surface area contributed by atoms with Crippen LogP contribution in [-0.4, -0.2) is 15.8 Å². The zero-order chi connectivity index (χ0) is 11.3. The van der Waals surface area contributed by atoms with Crippen LogP contribution in [0.5, 0.6) is 0 Å². The van der Waals surface area contributed by atoms with Gasteiger partial charge in [-0.25, -0.2) is 4.39 Å².